The van der Waals surface area contributed by atoms with E-state index in [0.717, 1.165) is 39.1 Å². The average Bonchev–Trinajstić information content (AvgIpc) is 1.64. The number of nitrogens with two attached hydrogens (primary N) is 2. The minimum absolute atomic E-state index is 0. The zero-order valence-electron chi connectivity index (χ0n) is 76.0. The van der Waals surface area contributed by atoms with Crippen LogP contribution in [-0.2, 0) is 42.3 Å². The summed E-state index contributed by atoms with van der Waals surface area (Å²) in [4.78, 5) is 183. The summed E-state index contributed by atoms with van der Waals surface area (Å²) in [6.07, 6.45) is 14.8. The number of hydrogen-bond donors (Lipinski definition) is 9. The summed E-state index contributed by atoms with van der Waals surface area (Å²) in [5, 5.41) is 69.3. The van der Waals surface area contributed by atoms with Crippen LogP contribution in [0.3, 0.4) is 0 Å². The smallest absolute Gasteiger partial charge is 0.380 e. The number of methoxy groups -OCH3 is 1. The van der Waals surface area contributed by atoms with Gasteiger partial charge < -0.3 is 114 Å². The highest BCUT2D eigenvalue weighted by Gasteiger charge is 2.25. The van der Waals surface area contributed by atoms with E-state index in [2.05, 4.69) is 151 Å². The van der Waals surface area contributed by atoms with E-state index in [1.165, 1.54) is 85.0 Å². The topological polar surface area (TPSA) is 745 Å². The zero-order valence-corrected chi connectivity index (χ0v) is 83.8. The second-order valence-electron chi connectivity index (χ2n) is 25.5. The summed E-state index contributed by atoms with van der Waals surface area (Å²) in [6, 6.07) is 31.1. The van der Waals surface area contributed by atoms with Crippen LogP contribution < -0.4 is 22.5 Å². The Morgan fingerprint density at radius 2 is 0.818 bits per heavy atom. The van der Waals surface area contributed by atoms with Gasteiger partial charge in [-0.2, -0.15) is 5.10 Å². The van der Waals surface area contributed by atoms with Crippen LogP contribution in [0.4, 0.5) is 57.5 Å². The number of nitro groups is 6. The molecule has 0 unspecified atom stereocenters. The Morgan fingerprint density at radius 3 is 1.23 bits per heavy atom. The van der Waals surface area contributed by atoms with Crippen molar-refractivity contribution in [3.63, 3.8) is 0 Å². The number of aromatic amines is 7. The van der Waals surface area contributed by atoms with Crippen LogP contribution in [0, 0.1) is 87.0 Å². The third kappa shape index (κ3) is 41.4. The van der Waals surface area contributed by atoms with Crippen LogP contribution in [0.1, 0.15) is 122 Å². The number of hydrogen-bond acceptors (Lipinski definition) is 34. The third-order valence-electron chi connectivity index (χ3n) is 16.2. The first kappa shape index (κ1) is 126. The molecule has 15 aromatic rings. The summed E-state index contributed by atoms with van der Waals surface area (Å²) >= 11 is 39.5. The second kappa shape index (κ2) is 63.4. The van der Waals surface area contributed by atoms with Gasteiger partial charge in [0.05, 0.1) is 118 Å². The molecule has 784 valence electrons. The summed E-state index contributed by atoms with van der Waals surface area (Å²) in [6.45, 7) is 39.2. The number of fused-ring (bicyclic) bond motifs is 4. The minimum atomic E-state index is -3.22. The molecule has 0 amide bonds. The van der Waals surface area contributed by atoms with Crippen LogP contribution in [0.5, 0.6) is 0 Å². The molecular weight excluding hydrogens is 2180 g/mol. The van der Waals surface area contributed by atoms with Crippen molar-refractivity contribution in [3.8, 4) is 0 Å². The van der Waals surface area contributed by atoms with Crippen LogP contribution in [0.15, 0.2) is 199 Å². The van der Waals surface area contributed by atoms with Crippen molar-refractivity contribution in [1.29, 1.82) is 0 Å². The molecule has 15 rings (SSSR count). The number of ether oxygens (including phenoxy) is 7. The highest BCUT2D eigenvalue weighted by Crippen LogP contribution is 2.62. The van der Waals surface area contributed by atoms with Gasteiger partial charge in [-0.15, -0.1) is 9.19 Å². The molecule has 0 spiro atoms. The first-order valence-electron chi connectivity index (χ1n) is 39.7. The van der Waals surface area contributed by atoms with Crippen molar-refractivity contribution in [2.75, 3.05) is 58.4 Å². The standard InChI is InChI=1S/C8H3ClN4O2.C8H4ClN3.C8H4N4O3.C8H5N3O.C7H9N3O4.2C7H8N2O4.C7H10N2O2.2C7H9NO2.C6H6N2O4.CH4.2Cl3OP/c1-10-5-4-11-12-6(8(5)9)2-3-7(12)13(14)15;1-10-6-5-11-12-4-2-3-7(12)8(6)9;1-9-5-4-10-11-6(8(5)13)2-3-7(11)12(14)15;1-9-6-5-10-11-4-2-3-7(11)8(6)12;1-2-14-7(11)5-3-4-6(9(5)8)10(12)13;1-2-13-7(10)6-3-5(4-8-6)9(11)12;1-2-13-7(10)5-3-4-6(8-5)9(11)12;1-2-11-7(10)6-4-3-5-9(6)8;2*1-2-10-7(9)6-4-3-5-8-6;1-12-6(9)4-2-3-5(7-4)8(10)11;;2*1-5(2,3)4/h2-4H;2-5H;2-4,10H;2-5,10H;3-4H,2,8H2,1H3;2*3-4,8H,2H2,1H3;3-5H,2,8H2,1H3;2*3-5,8H,2H2,1H3;2-3,7H,1H3;1H4;;. The number of nitrogens with one attached hydrogen (secondary N) is 7. The quantitative estimate of drug-likeness (QED) is 0.00690. The number of nitrogens with zero attached hydrogens (tertiary/aromatic N) is 18. The van der Waals surface area contributed by atoms with Gasteiger partial charge in [-0.3, -0.25) is 39.1 Å². The molecule has 148 heavy (non-hydrogen) atoms. The first-order chi connectivity index (χ1) is 69.4. The van der Waals surface area contributed by atoms with Crippen molar-refractivity contribution < 1.29 is 105 Å². The van der Waals surface area contributed by atoms with Crippen LogP contribution in [0.25, 0.3) is 41.4 Å². The van der Waals surface area contributed by atoms with Crippen molar-refractivity contribution in [2.45, 2.75) is 49.0 Å². The molecule has 0 aliphatic carbocycles. The maximum atomic E-state index is 11.5. The second-order valence-corrected chi connectivity index (χ2v) is 39.5. The van der Waals surface area contributed by atoms with Crippen LogP contribution >= 0.6 is 101 Å². The maximum Gasteiger partial charge on any atom is 0.380 e. The maximum absolute atomic E-state index is 11.5. The van der Waals surface area contributed by atoms with E-state index in [-0.39, 0.29) is 136 Å². The van der Waals surface area contributed by atoms with Gasteiger partial charge in [0.1, 0.15) is 22.8 Å². The molecule has 11 N–H and O–H groups in total. The summed E-state index contributed by atoms with van der Waals surface area (Å²) in [5.41, 5.74) is 3.02. The van der Waals surface area contributed by atoms with Gasteiger partial charge in [0, 0.05) is 98.0 Å². The Balaban J connectivity index is 0.000000545. The Morgan fingerprint density at radius 1 is 0.419 bits per heavy atom. The number of H-pyrrole nitrogens is 7. The number of carbonyl (C=O) groups excluding carboxylic acids is 7. The number of aromatic nitrogens is 15. The van der Waals surface area contributed by atoms with Gasteiger partial charge in [0.15, 0.2) is 11.0 Å². The molecule has 0 aliphatic heterocycles. The van der Waals surface area contributed by atoms with E-state index < -0.39 is 69.2 Å². The fourth-order valence-corrected chi connectivity index (χ4v) is 10.5. The van der Waals surface area contributed by atoms with Crippen LogP contribution in [0.2, 0.25) is 10.0 Å². The molecular formula is C81H79Cl8N27O30P2. The lowest BCUT2D eigenvalue weighted by Crippen LogP contribution is -2.19. The molecule has 57 nitrogen and oxygen atoms in total. The summed E-state index contributed by atoms with van der Waals surface area (Å²) < 4.78 is 58.7. The molecule has 0 aliphatic rings. The van der Waals surface area contributed by atoms with E-state index >= 15 is 0 Å². The molecule has 15 heterocycles. The molecule has 0 radical (unpaired) electrons. The summed E-state index contributed by atoms with van der Waals surface area (Å²) in [5.74, 6) is 6.02. The Kier molecular flexibility index (Phi) is 54.1. The van der Waals surface area contributed by atoms with Crippen molar-refractivity contribution >= 4 is 222 Å². The Bertz CT molecular complexity index is 7360. The van der Waals surface area contributed by atoms with Gasteiger partial charge in [-0.25, -0.2) is 72.5 Å². The van der Waals surface area contributed by atoms with E-state index in [1.54, 1.807) is 130 Å². The molecule has 0 saturated heterocycles. The molecule has 0 aromatic carbocycles. The van der Waals surface area contributed by atoms with Crippen molar-refractivity contribution in [2.24, 2.45) is 0 Å². The van der Waals surface area contributed by atoms with Crippen LogP contribution in [-0.4, -0.2) is 191 Å². The van der Waals surface area contributed by atoms with Crippen molar-refractivity contribution in [1.82, 2.24) is 72.7 Å². The number of nitrogen functional groups attached to an aromatic ring is 2. The fourth-order valence-electron chi connectivity index (χ4n) is 10.0. The number of halogens is 8. The van der Waals surface area contributed by atoms with E-state index in [9.17, 15) is 113 Å². The predicted octanol–water partition coefficient (Wildman–Crippen LogP) is 19.5. The SMILES string of the molecule is C.CCOC(=O)c1cc([N+](=O)[O-])c[nH]1.CCOC(=O)c1ccc([N+](=O)[O-])[nH]1.CCOC(=O)c1ccc([N+](=O)[O-])n1N.CCOC(=O)c1ccc[nH]1.CCOC(=O)c1ccc[nH]1.CCOC(=O)c1cccn1N.COC(=O)c1ccc([N+](=O)[O-])[nH]1.O=P(Cl)(Cl)Cl.O=P(Cl)(Cl)Cl.[C-]#[N+]c1c[nH]n2c([N+](=O)[O-])ccc2c1=O.[C-]#[N+]c1c[nH]n2cccc2c1=O.[C-]#[N+]c1cnn2c([N+](=O)[O-])ccc2c1Cl.[C-]#[N+]c1cnn2cccc2c1Cl. The van der Waals surface area contributed by atoms with Gasteiger partial charge in [0.25, 0.3) is 17.1 Å². The largest absolute Gasteiger partial charge is 0.463 e. The van der Waals surface area contributed by atoms with E-state index in [1.807, 2.05) is 12.1 Å². The van der Waals surface area contributed by atoms with Gasteiger partial charge in [0.2, 0.25) is 39.3 Å². The molecule has 0 bridgehead atoms. The lowest BCUT2D eigenvalue weighted by Gasteiger charge is -2.01. The third-order valence-corrected chi connectivity index (χ3v) is 16.9. The highest BCUT2D eigenvalue weighted by atomic mass is 36.1. The molecule has 0 saturated carbocycles. The first-order valence-corrected chi connectivity index (χ1v) is 49.3. The van der Waals surface area contributed by atoms with Crippen molar-refractivity contribution in [3.05, 3.63) is 366 Å². The average molecular weight is 2260 g/mol. The Labute approximate surface area is 868 Å². The van der Waals surface area contributed by atoms with E-state index in [4.69, 9.17) is 75.4 Å². The fraction of sp³-hybridized carbons (Fsp3) is 0.173. The highest BCUT2D eigenvalue weighted by molar-refractivity contribution is 8.25. The molecule has 67 heteroatoms. The molecule has 0 fully saturated rings. The Hall–Kier alpha value is -17.6. The van der Waals surface area contributed by atoms with Gasteiger partial charge >= 0.3 is 81.3 Å². The minimum Gasteiger partial charge on any atom is -0.463 e. The lowest BCUT2D eigenvalue weighted by molar-refractivity contribution is -0.391. The normalized spacial score (nSPS) is 9.80. The zero-order chi connectivity index (χ0) is 111. The predicted molar refractivity (Wildman–Crippen MR) is 539 cm³/mol. The lowest BCUT2D eigenvalue weighted by atomic mass is 10.4. The van der Waals surface area contributed by atoms with E-state index in [0.29, 0.717) is 63.3 Å². The monoisotopic (exact) mass is 2250 g/mol. The van der Waals surface area contributed by atoms with Gasteiger partial charge in [-0.05, 0) is 206 Å². The molecule has 15 aromatic heterocycles. The summed E-state index contributed by atoms with van der Waals surface area (Å²) in [7, 11) is 1.20. The molecule has 0 atom stereocenters. The number of carbonyl (C=O) groups is 7. The number of esters is 7. The van der Waals surface area contributed by atoms with Gasteiger partial charge in [-0.1, -0.05) is 40.2 Å². The number of rotatable bonds is 19.